The van der Waals surface area contributed by atoms with Gasteiger partial charge in [-0.3, -0.25) is 4.57 Å². The van der Waals surface area contributed by atoms with Gasteiger partial charge in [0, 0.05) is 11.4 Å². The van der Waals surface area contributed by atoms with Gasteiger partial charge >= 0.3 is 0 Å². The topological polar surface area (TPSA) is 52.0 Å². The van der Waals surface area contributed by atoms with Crippen molar-refractivity contribution >= 4 is 18.3 Å². The number of nitrogens with one attached hydrogen (secondary N) is 1. The van der Waals surface area contributed by atoms with Crippen LogP contribution in [0.5, 0.6) is 5.75 Å². The molecule has 0 aliphatic rings. The van der Waals surface area contributed by atoms with Crippen LogP contribution in [-0.4, -0.2) is 21.4 Å². The number of anilines is 1. The molecule has 1 aromatic heterocycles. The summed E-state index contributed by atoms with van der Waals surface area (Å²) >= 11 is 4.42. The summed E-state index contributed by atoms with van der Waals surface area (Å²) in [7, 11) is 0. The maximum atomic E-state index is 5.45. The number of ether oxygens (including phenoxy) is 1. The number of hydrogen-bond acceptors (Lipinski definition) is 5. The molecule has 1 heterocycles. The lowest BCUT2D eigenvalue weighted by atomic mass is 10.2. The van der Waals surface area contributed by atoms with Crippen LogP contribution in [0.4, 0.5) is 5.69 Å². The van der Waals surface area contributed by atoms with Crippen molar-refractivity contribution in [1.29, 1.82) is 0 Å². The molecule has 0 saturated heterocycles. The highest BCUT2D eigenvalue weighted by Crippen LogP contribution is 2.19. The predicted molar refractivity (Wildman–Crippen MR) is 98.3 cm³/mol. The van der Waals surface area contributed by atoms with Gasteiger partial charge in [0.15, 0.2) is 11.0 Å². The second kappa shape index (κ2) is 7.40. The third-order valence-electron chi connectivity index (χ3n) is 3.62. The molecular formula is C18H20N4OS. The largest absolute Gasteiger partial charge is 0.494 e. The minimum Gasteiger partial charge on any atom is -0.494 e. The maximum absolute atomic E-state index is 5.45. The van der Waals surface area contributed by atoms with Crippen molar-refractivity contribution in [2.45, 2.75) is 25.5 Å². The van der Waals surface area contributed by atoms with Gasteiger partial charge in [0.05, 0.1) is 13.2 Å². The van der Waals surface area contributed by atoms with E-state index in [9.17, 15) is 0 Å². The minimum absolute atomic E-state index is 0.551. The van der Waals surface area contributed by atoms with Gasteiger partial charge in [0.25, 0.3) is 0 Å². The molecule has 0 fully saturated rings. The Morgan fingerprint density at radius 2 is 1.75 bits per heavy atom. The number of benzene rings is 2. The van der Waals surface area contributed by atoms with E-state index in [1.165, 1.54) is 5.56 Å². The highest BCUT2D eigenvalue weighted by molar-refractivity contribution is 7.80. The number of hydrogen-bond donors (Lipinski definition) is 2. The average Bonchev–Trinajstić information content (AvgIpc) is 2.96. The van der Waals surface area contributed by atoms with Gasteiger partial charge in [-0.25, -0.2) is 0 Å². The van der Waals surface area contributed by atoms with E-state index in [-0.39, 0.29) is 0 Å². The van der Waals surface area contributed by atoms with E-state index in [2.05, 4.69) is 47.2 Å². The lowest BCUT2D eigenvalue weighted by Gasteiger charge is -2.11. The van der Waals surface area contributed by atoms with Crippen molar-refractivity contribution in [3.8, 4) is 11.4 Å². The van der Waals surface area contributed by atoms with Crippen LogP contribution < -0.4 is 10.1 Å². The van der Waals surface area contributed by atoms with E-state index in [1.807, 2.05) is 47.9 Å². The van der Waals surface area contributed by atoms with Crippen LogP contribution in [0.15, 0.2) is 53.7 Å². The maximum Gasteiger partial charge on any atom is 0.192 e. The van der Waals surface area contributed by atoms with Crippen molar-refractivity contribution in [1.82, 2.24) is 14.8 Å². The Morgan fingerprint density at radius 1 is 1.04 bits per heavy atom. The summed E-state index contributed by atoms with van der Waals surface area (Å²) in [6.45, 7) is 5.25. The summed E-state index contributed by atoms with van der Waals surface area (Å²) in [5.74, 6) is 1.67. The van der Waals surface area contributed by atoms with Crippen LogP contribution >= 0.6 is 12.6 Å². The van der Waals surface area contributed by atoms with Gasteiger partial charge in [-0.15, -0.1) is 22.8 Å². The van der Waals surface area contributed by atoms with Crippen molar-refractivity contribution in [2.24, 2.45) is 0 Å². The zero-order chi connectivity index (χ0) is 16.9. The average molecular weight is 340 g/mol. The fourth-order valence-electron chi connectivity index (χ4n) is 2.40. The van der Waals surface area contributed by atoms with Crippen LogP contribution in [0.3, 0.4) is 0 Å². The molecule has 0 aliphatic heterocycles. The van der Waals surface area contributed by atoms with Crippen LogP contribution in [0.25, 0.3) is 5.69 Å². The highest BCUT2D eigenvalue weighted by atomic mass is 32.1. The summed E-state index contributed by atoms with van der Waals surface area (Å²) < 4.78 is 7.38. The summed E-state index contributed by atoms with van der Waals surface area (Å²) in [5.41, 5.74) is 3.21. The third-order valence-corrected chi connectivity index (χ3v) is 3.91. The number of nitrogens with zero attached hydrogens (tertiary/aromatic N) is 3. The Morgan fingerprint density at radius 3 is 2.42 bits per heavy atom. The molecule has 6 heteroatoms. The summed E-state index contributed by atoms with van der Waals surface area (Å²) in [6, 6.07) is 16.1. The first-order chi connectivity index (χ1) is 11.7. The fraction of sp³-hybridized carbons (Fsp3) is 0.222. The van der Waals surface area contributed by atoms with Gasteiger partial charge in [0.2, 0.25) is 0 Å². The van der Waals surface area contributed by atoms with Gasteiger partial charge < -0.3 is 10.1 Å². The van der Waals surface area contributed by atoms with E-state index in [0.717, 1.165) is 22.9 Å². The second-order valence-corrected chi connectivity index (χ2v) is 5.80. The SMILES string of the molecule is CCOc1ccc(NCc2nnc(S)n2-c2ccc(C)cc2)cc1. The summed E-state index contributed by atoms with van der Waals surface area (Å²) in [5, 5.41) is 12.2. The van der Waals surface area contributed by atoms with E-state index in [0.29, 0.717) is 18.3 Å². The van der Waals surface area contributed by atoms with Crippen LogP contribution in [0.1, 0.15) is 18.3 Å². The quantitative estimate of drug-likeness (QED) is 0.669. The normalized spacial score (nSPS) is 10.6. The Labute approximate surface area is 147 Å². The molecule has 2 aromatic carbocycles. The molecule has 0 saturated carbocycles. The van der Waals surface area contributed by atoms with Gasteiger partial charge in [0.1, 0.15) is 5.75 Å². The first-order valence-corrected chi connectivity index (χ1v) is 8.29. The smallest absolute Gasteiger partial charge is 0.192 e. The number of aromatic nitrogens is 3. The van der Waals surface area contributed by atoms with Crippen LogP contribution in [0, 0.1) is 6.92 Å². The van der Waals surface area contributed by atoms with E-state index < -0.39 is 0 Å². The molecule has 3 rings (SSSR count). The second-order valence-electron chi connectivity index (χ2n) is 5.40. The fourth-order valence-corrected chi connectivity index (χ4v) is 2.67. The molecule has 124 valence electrons. The summed E-state index contributed by atoms with van der Waals surface area (Å²) in [4.78, 5) is 0. The van der Waals surface area contributed by atoms with Gasteiger partial charge in [-0.05, 0) is 50.2 Å². The van der Waals surface area contributed by atoms with Crippen molar-refractivity contribution in [3.05, 3.63) is 59.9 Å². The Bertz CT molecular complexity index is 797. The zero-order valence-corrected chi connectivity index (χ0v) is 14.6. The number of aryl methyl sites for hydroxylation is 1. The Balaban J connectivity index is 1.75. The first-order valence-electron chi connectivity index (χ1n) is 7.84. The molecule has 0 unspecified atom stereocenters. The predicted octanol–water partition coefficient (Wildman–Crippen LogP) is 3.88. The molecule has 3 aromatic rings. The molecule has 24 heavy (non-hydrogen) atoms. The third kappa shape index (κ3) is 3.71. The van der Waals surface area contributed by atoms with Gasteiger partial charge in [-0.1, -0.05) is 17.7 Å². The Hall–Kier alpha value is -2.47. The molecule has 0 atom stereocenters. The first kappa shape index (κ1) is 16.4. The van der Waals surface area contributed by atoms with Crippen molar-refractivity contribution in [2.75, 3.05) is 11.9 Å². The molecule has 1 N–H and O–H groups in total. The van der Waals surface area contributed by atoms with Crippen molar-refractivity contribution in [3.63, 3.8) is 0 Å². The number of thiol groups is 1. The molecule has 0 bridgehead atoms. The molecule has 0 spiro atoms. The van der Waals surface area contributed by atoms with E-state index >= 15 is 0 Å². The monoisotopic (exact) mass is 340 g/mol. The van der Waals surface area contributed by atoms with Crippen molar-refractivity contribution < 1.29 is 4.74 Å². The molecule has 0 radical (unpaired) electrons. The van der Waals surface area contributed by atoms with Crippen LogP contribution in [-0.2, 0) is 6.54 Å². The number of rotatable bonds is 6. The zero-order valence-electron chi connectivity index (χ0n) is 13.7. The molecule has 5 nitrogen and oxygen atoms in total. The van der Waals surface area contributed by atoms with E-state index in [1.54, 1.807) is 0 Å². The standard InChI is InChI=1S/C18H20N4OS/c1-3-23-16-10-6-14(7-11-16)19-12-17-20-21-18(24)22(17)15-8-4-13(2)5-9-15/h4-11,19H,3,12H2,1-2H3,(H,21,24). The van der Waals surface area contributed by atoms with Crippen LogP contribution in [0.2, 0.25) is 0 Å². The van der Waals surface area contributed by atoms with Gasteiger partial charge in [-0.2, -0.15) is 0 Å². The summed E-state index contributed by atoms with van der Waals surface area (Å²) in [6.07, 6.45) is 0. The highest BCUT2D eigenvalue weighted by Gasteiger charge is 2.11. The molecule has 0 aliphatic carbocycles. The minimum atomic E-state index is 0.551. The molecular weight excluding hydrogens is 320 g/mol. The molecule has 0 amide bonds. The lowest BCUT2D eigenvalue weighted by molar-refractivity contribution is 0.340. The lowest BCUT2D eigenvalue weighted by Crippen LogP contribution is -2.08. The Kier molecular flexibility index (Phi) is 5.05. The van der Waals surface area contributed by atoms with E-state index in [4.69, 9.17) is 4.74 Å².